The van der Waals surface area contributed by atoms with Gasteiger partial charge in [-0.05, 0) is 18.2 Å². The van der Waals surface area contributed by atoms with Crippen LogP contribution in [0.15, 0.2) is 30.6 Å². The molecule has 82 valence electrons. The van der Waals surface area contributed by atoms with E-state index in [1.165, 1.54) is 18.2 Å². The number of rotatable bonds is 2. The third-order valence-electron chi connectivity index (χ3n) is 2.36. The summed E-state index contributed by atoms with van der Waals surface area (Å²) in [6.07, 6.45) is 4.00. The lowest BCUT2D eigenvalue weighted by atomic mass is 10.2. The molecule has 1 aromatic carbocycles. The lowest BCUT2D eigenvalue weighted by Gasteiger charge is -1.94. The Morgan fingerprint density at radius 3 is 2.94 bits per heavy atom. The van der Waals surface area contributed by atoms with Crippen LogP contribution in [0.1, 0.15) is 5.56 Å². The van der Waals surface area contributed by atoms with Crippen molar-refractivity contribution in [3.05, 3.63) is 52.1 Å². The lowest BCUT2D eigenvalue weighted by Crippen LogP contribution is -1.83. The van der Waals surface area contributed by atoms with Gasteiger partial charge in [0, 0.05) is 30.3 Å². The van der Waals surface area contributed by atoms with Crippen molar-refractivity contribution >= 4 is 17.0 Å². The van der Waals surface area contributed by atoms with Crippen LogP contribution in [0.5, 0.6) is 0 Å². The minimum Gasteiger partial charge on any atom is -0.350 e. The summed E-state index contributed by atoms with van der Waals surface area (Å²) < 4.78 is 14.7. The predicted molar refractivity (Wildman–Crippen MR) is 58.9 cm³/mol. The Bertz CT molecular complexity index is 587. The fraction of sp³-hybridized carbons (Fsp3) is 0.0909. The van der Waals surface area contributed by atoms with Gasteiger partial charge in [0.25, 0.3) is 0 Å². The van der Waals surface area contributed by atoms with Crippen LogP contribution in [0.25, 0.3) is 17.0 Å². The van der Waals surface area contributed by atoms with Crippen LogP contribution in [-0.2, 0) is 7.05 Å². The second-order valence-corrected chi connectivity index (χ2v) is 3.46. The molecule has 2 aromatic rings. The van der Waals surface area contributed by atoms with Crippen molar-refractivity contribution in [2.45, 2.75) is 0 Å². The Morgan fingerprint density at radius 1 is 1.50 bits per heavy atom. The molecule has 0 saturated carbocycles. The summed E-state index contributed by atoms with van der Waals surface area (Å²) in [5.74, 6) is -0.321. The molecule has 0 bridgehead atoms. The molecule has 0 atom stereocenters. The number of fused-ring (bicyclic) bond motifs is 1. The number of aryl methyl sites for hydroxylation is 1. The second kappa shape index (κ2) is 3.77. The van der Waals surface area contributed by atoms with Crippen molar-refractivity contribution in [3.63, 3.8) is 0 Å². The van der Waals surface area contributed by atoms with Crippen molar-refractivity contribution in [3.8, 4) is 0 Å². The smallest absolute Gasteiger partial charge is 0.235 e. The number of halogens is 1. The number of hydrogen-bond donors (Lipinski definition) is 0. The van der Waals surface area contributed by atoms with Crippen molar-refractivity contribution in [2.75, 3.05) is 0 Å². The number of hydrogen-bond acceptors (Lipinski definition) is 2. The van der Waals surface area contributed by atoms with Gasteiger partial charge in [-0.3, -0.25) is 10.1 Å². The van der Waals surface area contributed by atoms with Gasteiger partial charge in [0.1, 0.15) is 5.82 Å². The fourth-order valence-electron chi connectivity index (χ4n) is 1.66. The van der Waals surface area contributed by atoms with Crippen molar-refractivity contribution in [2.24, 2.45) is 7.05 Å². The van der Waals surface area contributed by atoms with Crippen LogP contribution in [0.2, 0.25) is 0 Å². The third-order valence-corrected chi connectivity index (χ3v) is 2.36. The molecular weight excluding hydrogens is 211 g/mol. The topological polar surface area (TPSA) is 48.1 Å². The van der Waals surface area contributed by atoms with E-state index in [1.54, 1.807) is 23.9 Å². The molecule has 16 heavy (non-hydrogen) atoms. The van der Waals surface area contributed by atoms with Gasteiger partial charge in [0.15, 0.2) is 0 Å². The molecule has 0 radical (unpaired) electrons. The molecule has 1 heterocycles. The average Bonchev–Trinajstić information content (AvgIpc) is 2.53. The molecule has 0 aliphatic rings. The molecule has 0 N–H and O–H groups in total. The summed E-state index contributed by atoms with van der Waals surface area (Å²) in [6, 6.07) is 4.36. The van der Waals surface area contributed by atoms with Gasteiger partial charge >= 0.3 is 0 Å². The van der Waals surface area contributed by atoms with Gasteiger partial charge < -0.3 is 4.57 Å². The zero-order valence-corrected chi connectivity index (χ0v) is 8.55. The van der Waals surface area contributed by atoms with Gasteiger partial charge in [-0.2, -0.15) is 0 Å². The minimum absolute atomic E-state index is 0.321. The number of nitrogens with zero attached hydrogens (tertiary/aromatic N) is 2. The number of aromatic nitrogens is 1. The third kappa shape index (κ3) is 1.79. The molecule has 0 amide bonds. The highest BCUT2D eigenvalue weighted by atomic mass is 19.1. The predicted octanol–water partition coefficient (Wildman–Crippen LogP) is 2.56. The van der Waals surface area contributed by atoms with Crippen LogP contribution < -0.4 is 0 Å². The van der Waals surface area contributed by atoms with E-state index >= 15 is 0 Å². The van der Waals surface area contributed by atoms with E-state index in [2.05, 4.69) is 0 Å². The molecule has 0 unspecified atom stereocenters. The molecule has 4 nitrogen and oxygen atoms in total. The summed E-state index contributed by atoms with van der Waals surface area (Å²) in [7, 11) is 1.77. The van der Waals surface area contributed by atoms with Gasteiger partial charge in [-0.25, -0.2) is 4.39 Å². The summed E-state index contributed by atoms with van der Waals surface area (Å²) in [5.41, 5.74) is 1.41. The maximum Gasteiger partial charge on any atom is 0.235 e. The first-order valence-electron chi connectivity index (χ1n) is 4.64. The van der Waals surface area contributed by atoms with E-state index in [4.69, 9.17) is 0 Å². The number of nitro groups is 1. The standard InChI is InChI=1S/C11H9FN2O2/c1-13-7-8(4-5-14(15)16)10-3-2-9(12)6-11(10)13/h2-7H,1H3. The normalized spacial score (nSPS) is 11.4. The minimum atomic E-state index is -0.525. The number of benzene rings is 1. The Labute approximate surface area is 90.8 Å². The van der Waals surface area contributed by atoms with E-state index in [-0.39, 0.29) is 5.82 Å². The second-order valence-electron chi connectivity index (χ2n) is 3.46. The van der Waals surface area contributed by atoms with Crippen LogP contribution in [0, 0.1) is 15.9 Å². The van der Waals surface area contributed by atoms with E-state index < -0.39 is 4.92 Å². The summed E-state index contributed by atoms with van der Waals surface area (Å²) in [4.78, 5) is 9.70. The molecule has 0 aliphatic carbocycles. The van der Waals surface area contributed by atoms with Gasteiger partial charge in [0.05, 0.1) is 10.4 Å². The zero-order valence-electron chi connectivity index (χ0n) is 8.55. The molecular formula is C11H9FN2O2. The van der Waals surface area contributed by atoms with Crippen LogP contribution in [0.3, 0.4) is 0 Å². The molecule has 0 saturated heterocycles. The van der Waals surface area contributed by atoms with Crippen molar-refractivity contribution < 1.29 is 9.31 Å². The highest BCUT2D eigenvalue weighted by molar-refractivity contribution is 5.89. The average molecular weight is 220 g/mol. The van der Waals surface area contributed by atoms with E-state index in [1.807, 2.05) is 0 Å². The van der Waals surface area contributed by atoms with Crippen molar-refractivity contribution in [1.29, 1.82) is 0 Å². The van der Waals surface area contributed by atoms with Crippen LogP contribution in [0.4, 0.5) is 4.39 Å². The Kier molecular flexibility index (Phi) is 2.44. The molecule has 1 aromatic heterocycles. The maximum atomic E-state index is 13.0. The highest BCUT2D eigenvalue weighted by Crippen LogP contribution is 2.22. The van der Waals surface area contributed by atoms with Crippen LogP contribution >= 0.6 is 0 Å². The largest absolute Gasteiger partial charge is 0.350 e. The van der Waals surface area contributed by atoms with E-state index in [0.29, 0.717) is 11.1 Å². The molecule has 5 heteroatoms. The fourth-order valence-corrected chi connectivity index (χ4v) is 1.66. The van der Waals surface area contributed by atoms with E-state index in [0.717, 1.165) is 11.6 Å². The maximum absolute atomic E-state index is 13.0. The van der Waals surface area contributed by atoms with Crippen LogP contribution in [-0.4, -0.2) is 9.49 Å². The molecule has 2 rings (SSSR count). The Balaban J connectivity index is 2.59. The van der Waals surface area contributed by atoms with Gasteiger partial charge in [-0.1, -0.05) is 0 Å². The molecule has 0 spiro atoms. The first-order chi connectivity index (χ1) is 7.58. The molecule has 0 fully saturated rings. The van der Waals surface area contributed by atoms with Gasteiger partial charge in [-0.15, -0.1) is 0 Å². The summed E-state index contributed by atoms with van der Waals surface area (Å²) >= 11 is 0. The Hall–Kier alpha value is -2.17. The van der Waals surface area contributed by atoms with Gasteiger partial charge in [0.2, 0.25) is 6.20 Å². The SMILES string of the molecule is Cn1cc(C=C[N+](=O)[O-])c2ccc(F)cc21. The molecule has 0 aliphatic heterocycles. The summed E-state index contributed by atoms with van der Waals surface area (Å²) in [6.45, 7) is 0. The highest BCUT2D eigenvalue weighted by Gasteiger charge is 2.05. The zero-order chi connectivity index (χ0) is 11.7. The Morgan fingerprint density at radius 2 is 2.25 bits per heavy atom. The first-order valence-corrected chi connectivity index (χ1v) is 4.64. The first kappa shape index (κ1) is 10.4. The lowest BCUT2D eigenvalue weighted by molar-refractivity contribution is -0.400. The van der Waals surface area contributed by atoms with E-state index in [9.17, 15) is 14.5 Å². The van der Waals surface area contributed by atoms with Crippen molar-refractivity contribution in [1.82, 2.24) is 4.57 Å². The monoisotopic (exact) mass is 220 g/mol. The summed E-state index contributed by atoms with van der Waals surface area (Å²) in [5, 5.41) is 11.0. The quantitative estimate of drug-likeness (QED) is 0.576.